The van der Waals surface area contributed by atoms with E-state index in [1.807, 2.05) is 12.1 Å². The number of carbonyl (C=O) groups excluding carboxylic acids is 1. The van der Waals surface area contributed by atoms with Gasteiger partial charge in [-0.2, -0.15) is 0 Å². The number of ether oxygens (including phenoxy) is 2. The second-order valence-electron chi connectivity index (χ2n) is 3.54. The molecule has 0 fully saturated rings. The number of rotatable bonds is 7. The number of carbonyl (C=O) groups is 1. The number of hydrogen-bond donors (Lipinski definition) is 0. The van der Waals surface area contributed by atoms with Crippen LogP contribution in [-0.4, -0.2) is 26.1 Å². The van der Waals surface area contributed by atoms with Crippen molar-refractivity contribution >= 4 is 5.78 Å². The Labute approximate surface area is 96.4 Å². The SMILES string of the molecule is CCCOc1ccc(C(=O)CCOC)cc1. The van der Waals surface area contributed by atoms with Crippen LogP contribution >= 0.6 is 0 Å². The number of benzene rings is 1. The van der Waals surface area contributed by atoms with Crippen molar-refractivity contribution in [2.75, 3.05) is 20.3 Å². The fourth-order valence-electron chi connectivity index (χ4n) is 1.30. The van der Waals surface area contributed by atoms with Crippen LogP contribution in [0.25, 0.3) is 0 Å². The molecule has 0 aromatic heterocycles. The summed E-state index contributed by atoms with van der Waals surface area (Å²) in [6, 6.07) is 7.25. The minimum Gasteiger partial charge on any atom is -0.494 e. The van der Waals surface area contributed by atoms with Gasteiger partial charge in [-0.1, -0.05) is 6.92 Å². The van der Waals surface area contributed by atoms with Gasteiger partial charge in [-0.3, -0.25) is 4.79 Å². The molecule has 0 saturated heterocycles. The first-order valence-electron chi connectivity index (χ1n) is 5.53. The molecule has 0 aliphatic rings. The minimum atomic E-state index is 0.101. The predicted molar refractivity (Wildman–Crippen MR) is 63.1 cm³/mol. The first kappa shape index (κ1) is 12.7. The zero-order valence-electron chi connectivity index (χ0n) is 9.86. The molecular formula is C13H18O3. The molecule has 0 aliphatic carbocycles. The van der Waals surface area contributed by atoms with Crippen molar-refractivity contribution in [1.29, 1.82) is 0 Å². The molecule has 88 valence electrons. The lowest BCUT2D eigenvalue weighted by Crippen LogP contribution is -2.03. The third-order valence-corrected chi connectivity index (χ3v) is 2.18. The van der Waals surface area contributed by atoms with Crippen LogP contribution in [-0.2, 0) is 4.74 Å². The maximum Gasteiger partial charge on any atom is 0.165 e. The monoisotopic (exact) mass is 222 g/mol. The van der Waals surface area contributed by atoms with Crippen molar-refractivity contribution < 1.29 is 14.3 Å². The molecular weight excluding hydrogens is 204 g/mol. The van der Waals surface area contributed by atoms with Gasteiger partial charge in [0.1, 0.15) is 5.75 Å². The zero-order valence-corrected chi connectivity index (χ0v) is 9.86. The lowest BCUT2D eigenvalue weighted by atomic mass is 10.1. The number of ketones is 1. The van der Waals surface area contributed by atoms with E-state index >= 15 is 0 Å². The molecule has 0 bridgehead atoms. The lowest BCUT2D eigenvalue weighted by molar-refractivity contribution is 0.0932. The summed E-state index contributed by atoms with van der Waals surface area (Å²) >= 11 is 0. The molecule has 3 nitrogen and oxygen atoms in total. The van der Waals surface area contributed by atoms with Crippen molar-refractivity contribution in [3.8, 4) is 5.75 Å². The van der Waals surface area contributed by atoms with Crippen LogP contribution in [0.3, 0.4) is 0 Å². The molecule has 0 radical (unpaired) electrons. The van der Waals surface area contributed by atoms with E-state index in [0.29, 0.717) is 25.2 Å². The van der Waals surface area contributed by atoms with Crippen molar-refractivity contribution in [3.05, 3.63) is 29.8 Å². The summed E-state index contributed by atoms with van der Waals surface area (Å²) < 4.78 is 10.3. The summed E-state index contributed by atoms with van der Waals surface area (Å²) in [5.41, 5.74) is 0.709. The minimum absolute atomic E-state index is 0.101. The van der Waals surface area contributed by atoms with Crippen LogP contribution < -0.4 is 4.74 Å². The van der Waals surface area contributed by atoms with Gasteiger partial charge in [-0.25, -0.2) is 0 Å². The Morgan fingerprint density at radius 1 is 1.19 bits per heavy atom. The lowest BCUT2D eigenvalue weighted by Gasteiger charge is -2.05. The summed E-state index contributed by atoms with van der Waals surface area (Å²) in [5, 5.41) is 0. The Kier molecular flexibility index (Phi) is 5.57. The van der Waals surface area contributed by atoms with Crippen LogP contribution in [0.5, 0.6) is 5.75 Å². The molecule has 0 heterocycles. The van der Waals surface area contributed by atoms with E-state index in [2.05, 4.69) is 6.92 Å². The highest BCUT2D eigenvalue weighted by atomic mass is 16.5. The Bertz CT molecular complexity index is 316. The molecule has 0 N–H and O–H groups in total. The highest BCUT2D eigenvalue weighted by molar-refractivity contribution is 5.96. The zero-order chi connectivity index (χ0) is 11.8. The summed E-state index contributed by atoms with van der Waals surface area (Å²) in [4.78, 5) is 11.6. The Morgan fingerprint density at radius 3 is 2.44 bits per heavy atom. The molecule has 1 aromatic rings. The van der Waals surface area contributed by atoms with E-state index < -0.39 is 0 Å². The Balaban J connectivity index is 2.53. The predicted octanol–water partition coefficient (Wildman–Crippen LogP) is 2.69. The summed E-state index contributed by atoms with van der Waals surface area (Å²) in [7, 11) is 1.59. The van der Waals surface area contributed by atoms with Crippen LogP contribution in [0.2, 0.25) is 0 Å². The second-order valence-corrected chi connectivity index (χ2v) is 3.54. The molecule has 16 heavy (non-hydrogen) atoms. The van der Waals surface area contributed by atoms with Gasteiger partial charge in [-0.05, 0) is 30.7 Å². The van der Waals surface area contributed by atoms with E-state index in [1.54, 1.807) is 19.2 Å². The normalized spacial score (nSPS) is 10.1. The topological polar surface area (TPSA) is 35.5 Å². The van der Waals surface area contributed by atoms with Crippen molar-refractivity contribution in [1.82, 2.24) is 0 Å². The van der Waals surface area contributed by atoms with Gasteiger partial charge in [-0.15, -0.1) is 0 Å². The molecule has 0 atom stereocenters. The molecule has 0 saturated carbocycles. The van der Waals surface area contributed by atoms with E-state index in [-0.39, 0.29) is 5.78 Å². The third-order valence-electron chi connectivity index (χ3n) is 2.18. The van der Waals surface area contributed by atoms with Gasteiger partial charge in [0.2, 0.25) is 0 Å². The van der Waals surface area contributed by atoms with Crippen LogP contribution in [0.15, 0.2) is 24.3 Å². The second kappa shape index (κ2) is 7.01. The Morgan fingerprint density at radius 2 is 1.88 bits per heavy atom. The molecule has 0 unspecified atom stereocenters. The molecule has 0 spiro atoms. The largest absolute Gasteiger partial charge is 0.494 e. The van der Waals surface area contributed by atoms with Gasteiger partial charge in [0, 0.05) is 19.1 Å². The molecule has 0 aliphatic heterocycles. The Hall–Kier alpha value is -1.35. The highest BCUT2D eigenvalue weighted by Crippen LogP contribution is 2.13. The van der Waals surface area contributed by atoms with E-state index in [1.165, 1.54) is 0 Å². The highest BCUT2D eigenvalue weighted by Gasteiger charge is 2.05. The van der Waals surface area contributed by atoms with Crippen LogP contribution in [0, 0.1) is 0 Å². The maximum atomic E-state index is 11.6. The van der Waals surface area contributed by atoms with Crippen molar-refractivity contribution in [2.45, 2.75) is 19.8 Å². The van der Waals surface area contributed by atoms with E-state index in [9.17, 15) is 4.79 Å². The first-order chi connectivity index (χ1) is 7.77. The quantitative estimate of drug-likeness (QED) is 0.665. The number of hydrogen-bond acceptors (Lipinski definition) is 3. The average Bonchev–Trinajstić information content (AvgIpc) is 2.34. The first-order valence-corrected chi connectivity index (χ1v) is 5.53. The average molecular weight is 222 g/mol. The van der Waals surface area contributed by atoms with Crippen LogP contribution in [0.1, 0.15) is 30.1 Å². The standard InChI is InChI=1S/C13H18O3/c1-3-9-16-12-6-4-11(5-7-12)13(14)8-10-15-2/h4-7H,3,8-10H2,1-2H3. The summed E-state index contributed by atoms with van der Waals surface area (Å²) in [6.07, 6.45) is 1.40. The molecule has 3 heteroatoms. The van der Waals surface area contributed by atoms with E-state index in [0.717, 1.165) is 12.2 Å². The fraction of sp³-hybridized carbons (Fsp3) is 0.462. The molecule has 0 amide bonds. The summed E-state index contributed by atoms with van der Waals surface area (Å²) in [6.45, 7) is 3.23. The molecule has 1 aromatic carbocycles. The van der Waals surface area contributed by atoms with Gasteiger partial charge in [0.15, 0.2) is 5.78 Å². The van der Waals surface area contributed by atoms with Crippen LogP contribution in [0.4, 0.5) is 0 Å². The number of methoxy groups -OCH3 is 1. The smallest absolute Gasteiger partial charge is 0.165 e. The van der Waals surface area contributed by atoms with E-state index in [4.69, 9.17) is 9.47 Å². The third kappa shape index (κ3) is 4.03. The van der Waals surface area contributed by atoms with Gasteiger partial charge < -0.3 is 9.47 Å². The summed E-state index contributed by atoms with van der Waals surface area (Å²) in [5.74, 6) is 0.911. The maximum absolute atomic E-state index is 11.6. The van der Waals surface area contributed by atoms with Gasteiger partial charge >= 0.3 is 0 Å². The van der Waals surface area contributed by atoms with Crippen molar-refractivity contribution in [2.24, 2.45) is 0 Å². The fourth-order valence-corrected chi connectivity index (χ4v) is 1.30. The number of Topliss-reactive ketones (excluding diaryl/α,β-unsaturated/α-hetero) is 1. The van der Waals surface area contributed by atoms with Gasteiger partial charge in [0.25, 0.3) is 0 Å². The molecule has 1 rings (SSSR count). The van der Waals surface area contributed by atoms with Gasteiger partial charge in [0.05, 0.1) is 13.2 Å². The van der Waals surface area contributed by atoms with Crippen molar-refractivity contribution in [3.63, 3.8) is 0 Å².